The zero-order chi connectivity index (χ0) is 18.9. The van der Waals surface area contributed by atoms with Gasteiger partial charge in [0.1, 0.15) is 17.4 Å². The predicted molar refractivity (Wildman–Crippen MR) is 96.7 cm³/mol. The van der Waals surface area contributed by atoms with Crippen molar-refractivity contribution in [2.45, 2.75) is 0 Å². The third-order valence-electron chi connectivity index (χ3n) is 3.42. The number of amides is 1. The number of nitriles is 1. The first-order chi connectivity index (χ1) is 12.6. The smallest absolute Gasteiger partial charge is 0.339 e. The van der Waals surface area contributed by atoms with Gasteiger partial charge >= 0.3 is 5.97 Å². The van der Waals surface area contributed by atoms with E-state index < -0.39 is 11.9 Å². The quantitative estimate of drug-likeness (QED) is 0.471. The van der Waals surface area contributed by atoms with Gasteiger partial charge in [-0.1, -0.05) is 12.1 Å². The van der Waals surface area contributed by atoms with Crippen molar-refractivity contribution in [3.05, 3.63) is 65.9 Å². The fourth-order valence-corrected chi connectivity index (χ4v) is 2.06. The molecule has 0 radical (unpaired) electrons. The fraction of sp³-hybridized carbons (Fsp3) is 0.105. The Hall–Kier alpha value is -3.79. The van der Waals surface area contributed by atoms with Crippen molar-refractivity contribution in [3.63, 3.8) is 0 Å². The molecule has 0 heterocycles. The lowest BCUT2D eigenvalue weighted by Crippen LogP contribution is -2.17. The Bertz CT molecular complexity index is 867. The minimum Gasteiger partial charge on any atom is -0.497 e. The Morgan fingerprint density at radius 3 is 2.38 bits per heavy atom. The molecule has 0 aliphatic rings. The van der Waals surface area contributed by atoms with Gasteiger partial charge in [-0.25, -0.2) is 4.79 Å². The van der Waals surface area contributed by atoms with Crippen LogP contribution >= 0.6 is 0 Å². The molecule has 26 heavy (non-hydrogen) atoms. The number of methoxy groups -OCH3 is 2. The van der Waals surface area contributed by atoms with Crippen LogP contribution in [0.25, 0.3) is 0 Å². The topological polar surface area (TPSA) is 100 Å². The highest BCUT2D eigenvalue weighted by Crippen LogP contribution is 2.18. The largest absolute Gasteiger partial charge is 0.497 e. The SMILES string of the molecule is COC(=O)c1ccccc1NC(=O)/C(C#N)=C\Nc1ccc(OC)cc1. The van der Waals surface area contributed by atoms with Gasteiger partial charge in [0.25, 0.3) is 5.91 Å². The van der Waals surface area contributed by atoms with E-state index >= 15 is 0 Å². The minimum absolute atomic E-state index is 0.152. The summed E-state index contributed by atoms with van der Waals surface area (Å²) < 4.78 is 9.74. The Balaban J connectivity index is 2.14. The molecule has 0 aliphatic heterocycles. The molecule has 7 nitrogen and oxygen atoms in total. The monoisotopic (exact) mass is 351 g/mol. The lowest BCUT2D eigenvalue weighted by atomic mass is 10.1. The van der Waals surface area contributed by atoms with Crippen molar-refractivity contribution in [2.24, 2.45) is 0 Å². The summed E-state index contributed by atoms with van der Waals surface area (Å²) in [7, 11) is 2.81. The molecule has 132 valence electrons. The summed E-state index contributed by atoms with van der Waals surface area (Å²) in [6.45, 7) is 0. The van der Waals surface area contributed by atoms with E-state index in [0.29, 0.717) is 11.4 Å². The van der Waals surface area contributed by atoms with Crippen molar-refractivity contribution in [1.82, 2.24) is 0 Å². The van der Waals surface area contributed by atoms with E-state index in [0.717, 1.165) is 0 Å². The molecule has 7 heteroatoms. The van der Waals surface area contributed by atoms with Crippen molar-refractivity contribution >= 4 is 23.3 Å². The number of esters is 1. The first-order valence-corrected chi connectivity index (χ1v) is 7.58. The molecule has 0 bridgehead atoms. The van der Waals surface area contributed by atoms with E-state index in [1.165, 1.54) is 19.4 Å². The minimum atomic E-state index is -0.648. The zero-order valence-corrected chi connectivity index (χ0v) is 14.3. The van der Waals surface area contributed by atoms with Gasteiger partial charge in [-0.05, 0) is 36.4 Å². The Morgan fingerprint density at radius 2 is 1.77 bits per heavy atom. The molecule has 2 N–H and O–H groups in total. The predicted octanol–water partition coefficient (Wildman–Crippen LogP) is 2.94. The average Bonchev–Trinajstić information content (AvgIpc) is 2.68. The van der Waals surface area contributed by atoms with Gasteiger partial charge in [0.2, 0.25) is 0 Å². The maximum absolute atomic E-state index is 12.3. The summed E-state index contributed by atoms with van der Waals surface area (Å²) in [5, 5.41) is 14.6. The van der Waals surface area contributed by atoms with Gasteiger partial charge in [-0.15, -0.1) is 0 Å². The molecule has 0 fully saturated rings. The van der Waals surface area contributed by atoms with Crippen LogP contribution in [0.4, 0.5) is 11.4 Å². The number of ether oxygens (including phenoxy) is 2. The van der Waals surface area contributed by atoms with Crippen LogP contribution in [-0.4, -0.2) is 26.1 Å². The highest BCUT2D eigenvalue weighted by Gasteiger charge is 2.15. The number of carbonyl (C=O) groups is 2. The van der Waals surface area contributed by atoms with Gasteiger partial charge in [-0.3, -0.25) is 4.79 Å². The highest BCUT2D eigenvalue weighted by molar-refractivity contribution is 6.09. The third kappa shape index (κ3) is 4.61. The standard InChI is InChI=1S/C19H17N3O4/c1-25-15-9-7-14(8-10-15)21-12-13(11-20)18(23)22-17-6-4-3-5-16(17)19(24)26-2/h3-10,12,21H,1-2H3,(H,22,23)/b13-12-. The van der Waals surface area contributed by atoms with Gasteiger partial charge in [0.15, 0.2) is 0 Å². The summed E-state index contributed by atoms with van der Waals surface area (Å²) >= 11 is 0. The van der Waals surface area contributed by atoms with E-state index in [1.54, 1.807) is 49.6 Å². The summed E-state index contributed by atoms with van der Waals surface area (Å²) in [6.07, 6.45) is 1.29. The van der Waals surface area contributed by atoms with Crippen molar-refractivity contribution in [1.29, 1.82) is 5.26 Å². The lowest BCUT2D eigenvalue weighted by Gasteiger charge is -2.09. The number of para-hydroxylation sites is 1. The second-order valence-electron chi connectivity index (χ2n) is 5.03. The van der Waals surface area contributed by atoms with Crippen LogP contribution < -0.4 is 15.4 Å². The van der Waals surface area contributed by atoms with Crippen LogP contribution in [0.5, 0.6) is 5.75 Å². The molecule has 0 aliphatic carbocycles. The molecule has 0 saturated carbocycles. The van der Waals surface area contributed by atoms with Crippen LogP contribution in [-0.2, 0) is 9.53 Å². The van der Waals surface area contributed by atoms with Crippen LogP contribution in [0.2, 0.25) is 0 Å². The van der Waals surface area contributed by atoms with Gasteiger partial charge in [0, 0.05) is 11.9 Å². The van der Waals surface area contributed by atoms with E-state index in [1.807, 2.05) is 6.07 Å². The number of hydrogen-bond donors (Lipinski definition) is 2. The average molecular weight is 351 g/mol. The Kier molecular flexibility index (Phi) is 6.34. The number of hydrogen-bond acceptors (Lipinski definition) is 6. The van der Waals surface area contributed by atoms with Crippen molar-refractivity contribution < 1.29 is 19.1 Å². The van der Waals surface area contributed by atoms with E-state index in [-0.39, 0.29) is 16.8 Å². The van der Waals surface area contributed by atoms with Crippen LogP contribution in [0, 0.1) is 11.3 Å². The molecule has 2 aromatic carbocycles. The summed E-state index contributed by atoms with van der Waals surface area (Å²) in [6, 6.07) is 15.2. The first kappa shape index (κ1) is 18.5. The second-order valence-corrected chi connectivity index (χ2v) is 5.03. The Morgan fingerprint density at radius 1 is 1.08 bits per heavy atom. The van der Waals surface area contributed by atoms with Gasteiger partial charge in [0.05, 0.1) is 25.5 Å². The first-order valence-electron chi connectivity index (χ1n) is 7.58. The normalized spacial score (nSPS) is 10.4. The van der Waals surface area contributed by atoms with E-state index in [2.05, 4.69) is 15.4 Å². The van der Waals surface area contributed by atoms with Crippen molar-refractivity contribution in [3.8, 4) is 11.8 Å². The molecule has 0 aromatic heterocycles. The van der Waals surface area contributed by atoms with Crippen LogP contribution in [0.1, 0.15) is 10.4 Å². The fourth-order valence-electron chi connectivity index (χ4n) is 2.06. The third-order valence-corrected chi connectivity index (χ3v) is 3.42. The van der Waals surface area contributed by atoms with Crippen molar-refractivity contribution in [2.75, 3.05) is 24.9 Å². The number of benzene rings is 2. The van der Waals surface area contributed by atoms with Crippen LogP contribution in [0.3, 0.4) is 0 Å². The zero-order valence-electron chi connectivity index (χ0n) is 14.3. The molecule has 2 rings (SSSR count). The number of nitrogens with zero attached hydrogens (tertiary/aromatic N) is 1. The summed E-state index contributed by atoms with van der Waals surface area (Å²) in [4.78, 5) is 24.1. The molecular formula is C19H17N3O4. The molecule has 0 spiro atoms. The molecule has 0 atom stereocenters. The molecular weight excluding hydrogens is 334 g/mol. The summed E-state index contributed by atoms with van der Waals surface area (Å²) in [5.74, 6) is -0.540. The number of carbonyl (C=O) groups excluding carboxylic acids is 2. The highest BCUT2D eigenvalue weighted by atomic mass is 16.5. The second kappa shape index (κ2) is 8.89. The Labute approximate surface area is 150 Å². The maximum atomic E-state index is 12.3. The van der Waals surface area contributed by atoms with E-state index in [9.17, 15) is 14.9 Å². The number of rotatable bonds is 6. The number of nitrogens with one attached hydrogen (secondary N) is 2. The van der Waals surface area contributed by atoms with Crippen LogP contribution in [0.15, 0.2) is 60.3 Å². The van der Waals surface area contributed by atoms with Gasteiger partial charge in [-0.2, -0.15) is 5.26 Å². The molecule has 0 unspecified atom stereocenters. The molecule has 0 saturated heterocycles. The maximum Gasteiger partial charge on any atom is 0.339 e. The summed E-state index contributed by atoms with van der Waals surface area (Å²) in [5.41, 5.74) is 0.987. The molecule has 1 amide bonds. The lowest BCUT2D eigenvalue weighted by molar-refractivity contribution is -0.112. The molecule has 2 aromatic rings. The van der Waals surface area contributed by atoms with E-state index in [4.69, 9.17) is 4.74 Å². The number of anilines is 2. The van der Waals surface area contributed by atoms with Gasteiger partial charge < -0.3 is 20.1 Å².